The van der Waals surface area contributed by atoms with Gasteiger partial charge in [0.15, 0.2) is 6.10 Å². The van der Waals surface area contributed by atoms with Crippen molar-refractivity contribution in [3.05, 3.63) is 30.3 Å². The number of carbonyl (C=O) groups is 1. The zero-order valence-corrected chi connectivity index (χ0v) is 10.0. The Bertz CT molecular complexity index is 329. The van der Waals surface area contributed by atoms with E-state index in [0.29, 0.717) is 19.0 Å². The Morgan fingerprint density at radius 2 is 2.00 bits per heavy atom. The Kier molecular flexibility index (Phi) is 6.06. The molecule has 0 bridgehead atoms. The number of methoxy groups -OCH3 is 1. The number of ether oxygens (including phenoxy) is 2. The van der Waals surface area contributed by atoms with Gasteiger partial charge in [0.25, 0.3) is 5.91 Å². The highest BCUT2D eigenvalue weighted by molar-refractivity contribution is 5.79. The quantitative estimate of drug-likeness (QED) is 0.573. The van der Waals surface area contributed by atoms with E-state index in [2.05, 4.69) is 5.48 Å². The zero-order chi connectivity index (χ0) is 12.5. The molecule has 0 heterocycles. The van der Waals surface area contributed by atoms with E-state index in [-0.39, 0.29) is 5.91 Å². The Labute approximate surface area is 101 Å². The van der Waals surface area contributed by atoms with Gasteiger partial charge in [-0.05, 0) is 19.1 Å². The van der Waals surface area contributed by atoms with Crippen molar-refractivity contribution < 1.29 is 19.1 Å². The fraction of sp³-hybridized carbons (Fsp3) is 0.417. The number of hydrogen-bond acceptors (Lipinski definition) is 4. The first-order valence-electron chi connectivity index (χ1n) is 5.36. The Hall–Kier alpha value is -1.59. The summed E-state index contributed by atoms with van der Waals surface area (Å²) in [4.78, 5) is 16.4. The molecule has 1 amide bonds. The fourth-order valence-electron chi connectivity index (χ4n) is 1.09. The number of hydrogen-bond donors (Lipinski definition) is 1. The molecule has 1 aromatic rings. The molecule has 0 saturated carbocycles. The first-order valence-corrected chi connectivity index (χ1v) is 5.36. The molecule has 1 N–H and O–H groups in total. The predicted molar refractivity (Wildman–Crippen MR) is 62.5 cm³/mol. The first kappa shape index (κ1) is 13.5. The van der Waals surface area contributed by atoms with Crippen LogP contribution >= 0.6 is 0 Å². The van der Waals surface area contributed by atoms with Gasteiger partial charge in [0.2, 0.25) is 0 Å². The van der Waals surface area contributed by atoms with Gasteiger partial charge in [-0.3, -0.25) is 9.63 Å². The molecular weight excluding hydrogens is 222 g/mol. The summed E-state index contributed by atoms with van der Waals surface area (Å²) >= 11 is 0. The van der Waals surface area contributed by atoms with Gasteiger partial charge in [-0.25, -0.2) is 5.48 Å². The average Bonchev–Trinajstić information content (AvgIpc) is 2.35. The first-order chi connectivity index (χ1) is 8.24. The summed E-state index contributed by atoms with van der Waals surface area (Å²) in [7, 11) is 1.56. The second kappa shape index (κ2) is 7.65. The SMILES string of the molecule is COCCONC(=O)C(C)Oc1ccccc1. The molecule has 5 nitrogen and oxygen atoms in total. The van der Waals surface area contributed by atoms with Crippen LogP contribution in [0.15, 0.2) is 30.3 Å². The number of benzene rings is 1. The molecule has 0 radical (unpaired) electrons. The van der Waals surface area contributed by atoms with Gasteiger partial charge in [0.05, 0.1) is 13.2 Å². The van der Waals surface area contributed by atoms with Gasteiger partial charge in [-0.2, -0.15) is 0 Å². The smallest absolute Gasteiger partial charge is 0.284 e. The Balaban J connectivity index is 2.27. The number of para-hydroxylation sites is 1. The Morgan fingerprint density at radius 1 is 1.29 bits per heavy atom. The van der Waals surface area contributed by atoms with Gasteiger partial charge in [-0.1, -0.05) is 18.2 Å². The monoisotopic (exact) mass is 239 g/mol. The van der Waals surface area contributed by atoms with Crippen molar-refractivity contribution in [2.24, 2.45) is 0 Å². The lowest BCUT2D eigenvalue weighted by Gasteiger charge is -2.14. The molecule has 0 fully saturated rings. The van der Waals surface area contributed by atoms with E-state index in [9.17, 15) is 4.79 Å². The average molecular weight is 239 g/mol. The van der Waals surface area contributed by atoms with Crippen molar-refractivity contribution in [1.82, 2.24) is 5.48 Å². The highest BCUT2D eigenvalue weighted by Gasteiger charge is 2.14. The molecule has 0 spiro atoms. The van der Waals surface area contributed by atoms with Crippen LogP contribution in [-0.2, 0) is 14.4 Å². The van der Waals surface area contributed by atoms with Crippen LogP contribution in [0, 0.1) is 0 Å². The van der Waals surface area contributed by atoms with Crippen molar-refractivity contribution in [1.29, 1.82) is 0 Å². The van der Waals surface area contributed by atoms with Crippen LogP contribution in [-0.4, -0.2) is 32.3 Å². The number of hydroxylamine groups is 1. The summed E-state index contributed by atoms with van der Waals surface area (Å²) in [5, 5.41) is 0. The van der Waals surface area contributed by atoms with Crippen LogP contribution in [0.1, 0.15) is 6.92 Å². The molecule has 0 saturated heterocycles. The summed E-state index contributed by atoms with van der Waals surface area (Å²) in [6.07, 6.45) is -0.611. The molecule has 94 valence electrons. The van der Waals surface area contributed by atoms with E-state index in [1.807, 2.05) is 18.2 Å². The van der Waals surface area contributed by atoms with E-state index in [0.717, 1.165) is 0 Å². The molecule has 0 aliphatic heterocycles. The Morgan fingerprint density at radius 3 is 2.65 bits per heavy atom. The summed E-state index contributed by atoms with van der Waals surface area (Å²) in [6.45, 7) is 2.39. The van der Waals surface area contributed by atoms with Crippen LogP contribution < -0.4 is 10.2 Å². The molecule has 1 aromatic carbocycles. The van der Waals surface area contributed by atoms with Gasteiger partial charge < -0.3 is 9.47 Å². The molecule has 1 atom stereocenters. The maximum Gasteiger partial charge on any atom is 0.284 e. The predicted octanol–water partition coefficient (Wildman–Crippen LogP) is 1.15. The second-order valence-electron chi connectivity index (χ2n) is 3.38. The maximum absolute atomic E-state index is 11.5. The minimum absolute atomic E-state index is 0.306. The van der Waals surface area contributed by atoms with E-state index < -0.39 is 6.10 Å². The van der Waals surface area contributed by atoms with Crippen LogP contribution in [0.3, 0.4) is 0 Å². The minimum Gasteiger partial charge on any atom is -0.481 e. The molecule has 5 heteroatoms. The third-order valence-corrected chi connectivity index (χ3v) is 1.99. The van der Waals surface area contributed by atoms with Crippen molar-refractivity contribution in [3.63, 3.8) is 0 Å². The molecule has 1 rings (SSSR count). The molecule has 0 aromatic heterocycles. The van der Waals surface area contributed by atoms with Gasteiger partial charge >= 0.3 is 0 Å². The van der Waals surface area contributed by atoms with Gasteiger partial charge in [-0.15, -0.1) is 0 Å². The number of nitrogens with one attached hydrogen (secondary N) is 1. The topological polar surface area (TPSA) is 56.8 Å². The molecule has 0 aliphatic carbocycles. The summed E-state index contributed by atoms with van der Waals surface area (Å²) in [5.41, 5.74) is 2.29. The highest BCUT2D eigenvalue weighted by atomic mass is 16.7. The zero-order valence-electron chi connectivity index (χ0n) is 10.0. The van der Waals surface area contributed by atoms with E-state index in [1.54, 1.807) is 26.2 Å². The van der Waals surface area contributed by atoms with Gasteiger partial charge in [0, 0.05) is 7.11 Å². The maximum atomic E-state index is 11.5. The van der Waals surface area contributed by atoms with Crippen molar-refractivity contribution >= 4 is 5.91 Å². The second-order valence-corrected chi connectivity index (χ2v) is 3.38. The summed E-state index contributed by atoms with van der Waals surface area (Å²) in [6, 6.07) is 9.14. The molecule has 17 heavy (non-hydrogen) atoms. The number of carbonyl (C=O) groups excluding carboxylic acids is 1. The number of amides is 1. The van der Waals surface area contributed by atoms with Crippen molar-refractivity contribution in [2.75, 3.05) is 20.3 Å². The largest absolute Gasteiger partial charge is 0.481 e. The third kappa shape index (κ3) is 5.33. The lowest BCUT2D eigenvalue weighted by Crippen LogP contribution is -2.36. The van der Waals surface area contributed by atoms with Crippen LogP contribution in [0.5, 0.6) is 5.75 Å². The molecule has 0 aliphatic rings. The van der Waals surface area contributed by atoms with E-state index in [1.165, 1.54) is 0 Å². The van der Waals surface area contributed by atoms with E-state index >= 15 is 0 Å². The molecular formula is C12H17NO4. The third-order valence-electron chi connectivity index (χ3n) is 1.99. The minimum atomic E-state index is -0.611. The molecule has 1 unspecified atom stereocenters. The van der Waals surface area contributed by atoms with Gasteiger partial charge in [0.1, 0.15) is 5.75 Å². The van der Waals surface area contributed by atoms with Crippen LogP contribution in [0.4, 0.5) is 0 Å². The lowest BCUT2D eigenvalue weighted by atomic mass is 10.3. The highest BCUT2D eigenvalue weighted by Crippen LogP contribution is 2.10. The lowest BCUT2D eigenvalue weighted by molar-refractivity contribution is -0.141. The summed E-state index contributed by atoms with van der Waals surface area (Å²) in [5.74, 6) is 0.317. The van der Waals surface area contributed by atoms with Crippen molar-refractivity contribution in [2.45, 2.75) is 13.0 Å². The van der Waals surface area contributed by atoms with Crippen molar-refractivity contribution in [3.8, 4) is 5.75 Å². The fourth-order valence-corrected chi connectivity index (χ4v) is 1.09. The number of rotatable bonds is 7. The standard InChI is InChI=1S/C12H17NO4/c1-10(12(14)13-16-9-8-15-2)17-11-6-4-3-5-7-11/h3-7,10H,8-9H2,1-2H3,(H,13,14). The summed E-state index contributed by atoms with van der Waals surface area (Å²) < 4.78 is 10.2. The van der Waals surface area contributed by atoms with Crippen LogP contribution in [0.25, 0.3) is 0 Å². The normalized spacial score (nSPS) is 11.9. The van der Waals surface area contributed by atoms with E-state index in [4.69, 9.17) is 14.3 Å². The van der Waals surface area contributed by atoms with Crippen LogP contribution in [0.2, 0.25) is 0 Å².